The Morgan fingerprint density at radius 1 is 0.923 bits per heavy atom. The standard InChI is InChI=1S/C30H36ClN3O4S/c1-5-28(30(36)32-6-2)33(19-18-24-10-8-7-9-11-24)29(35)21-34(26-15-12-22(3)23(4)20-26)39(37,38)27-16-13-25(31)14-17-27/h7-17,20,28H,5-6,18-19,21H2,1-4H3,(H,32,36)/t28-/m1/s1. The van der Waals surface area contributed by atoms with Crippen LogP contribution < -0.4 is 9.62 Å². The van der Waals surface area contributed by atoms with Crippen molar-refractivity contribution in [2.75, 3.05) is 23.9 Å². The topological polar surface area (TPSA) is 86.8 Å². The summed E-state index contributed by atoms with van der Waals surface area (Å²) < 4.78 is 28.9. The molecule has 0 bridgehead atoms. The van der Waals surface area contributed by atoms with Gasteiger partial charge in [0.1, 0.15) is 12.6 Å². The number of hydrogen-bond acceptors (Lipinski definition) is 4. The molecule has 2 amide bonds. The smallest absolute Gasteiger partial charge is 0.264 e. The second-order valence-corrected chi connectivity index (χ2v) is 11.7. The van der Waals surface area contributed by atoms with Crippen molar-refractivity contribution in [2.45, 2.75) is 51.5 Å². The molecule has 0 saturated heterocycles. The monoisotopic (exact) mass is 569 g/mol. The summed E-state index contributed by atoms with van der Waals surface area (Å²) in [5.74, 6) is -0.723. The number of carbonyl (C=O) groups excluding carboxylic acids is 2. The lowest BCUT2D eigenvalue weighted by Crippen LogP contribution is -2.53. The van der Waals surface area contributed by atoms with E-state index in [1.165, 1.54) is 29.2 Å². The molecule has 1 N–H and O–H groups in total. The number of sulfonamides is 1. The number of benzene rings is 3. The van der Waals surface area contributed by atoms with Gasteiger partial charge in [-0.3, -0.25) is 13.9 Å². The van der Waals surface area contributed by atoms with Crippen LogP contribution in [0.3, 0.4) is 0 Å². The number of aryl methyl sites for hydroxylation is 2. The first-order valence-corrected chi connectivity index (χ1v) is 14.9. The summed E-state index contributed by atoms with van der Waals surface area (Å²) in [6.45, 7) is 7.72. The molecule has 1 atom stereocenters. The minimum absolute atomic E-state index is 0.0181. The van der Waals surface area contributed by atoms with Crippen molar-refractivity contribution in [3.8, 4) is 0 Å². The van der Waals surface area contributed by atoms with Gasteiger partial charge in [0.15, 0.2) is 0 Å². The van der Waals surface area contributed by atoms with Crippen molar-refractivity contribution in [3.63, 3.8) is 0 Å². The zero-order chi connectivity index (χ0) is 28.6. The molecule has 0 heterocycles. The van der Waals surface area contributed by atoms with Gasteiger partial charge in [-0.15, -0.1) is 0 Å². The van der Waals surface area contributed by atoms with Crippen LogP contribution in [0.25, 0.3) is 0 Å². The maximum absolute atomic E-state index is 14.0. The lowest BCUT2D eigenvalue weighted by molar-refractivity contribution is -0.139. The van der Waals surface area contributed by atoms with E-state index in [0.717, 1.165) is 21.0 Å². The van der Waals surface area contributed by atoms with Gasteiger partial charge in [0.25, 0.3) is 10.0 Å². The summed E-state index contributed by atoms with van der Waals surface area (Å²) in [6.07, 6.45) is 0.913. The van der Waals surface area contributed by atoms with Crippen molar-refractivity contribution in [3.05, 3.63) is 94.5 Å². The molecule has 0 aliphatic carbocycles. The van der Waals surface area contributed by atoms with Gasteiger partial charge >= 0.3 is 0 Å². The number of nitrogens with zero attached hydrogens (tertiary/aromatic N) is 2. The number of nitrogens with one attached hydrogen (secondary N) is 1. The summed E-state index contributed by atoms with van der Waals surface area (Å²) in [5, 5.41) is 3.22. The van der Waals surface area contributed by atoms with Crippen molar-refractivity contribution in [2.24, 2.45) is 0 Å². The fourth-order valence-electron chi connectivity index (χ4n) is 4.33. The Labute approximate surface area is 236 Å². The fourth-order valence-corrected chi connectivity index (χ4v) is 5.86. The van der Waals surface area contributed by atoms with Crippen molar-refractivity contribution < 1.29 is 18.0 Å². The van der Waals surface area contributed by atoms with Gasteiger partial charge in [0.2, 0.25) is 11.8 Å². The molecule has 0 spiro atoms. The molecule has 208 valence electrons. The molecule has 0 fully saturated rings. The molecule has 0 saturated carbocycles. The maximum atomic E-state index is 14.0. The van der Waals surface area contributed by atoms with Crippen LogP contribution in [0.5, 0.6) is 0 Å². The predicted molar refractivity (Wildman–Crippen MR) is 157 cm³/mol. The first-order chi connectivity index (χ1) is 18.6. The Morgan fingerprint density at radius 3 is 2.18 bits per heavy atom. The first-order valence-electron chi connectivity index (χ1n) is 13.0. The van der Waals surface area contributed by atoms with Crippen LogP contribution in [0, 0.1) is 13.8 Å². The highest BCUT2D eigenvalue weighted by Gasteiger charge is 2.33. The quantitative estimate of drug-likeness (QED) is 0.327. The SMILES string of the molecule is CCNC(=O)[C@@H](CC)N(CCc1ccccc1)C(=O)CN(c1ccc(C)c(C)c1)S(=O)(=O)c1ccc(Cl)cc1. The van der Waals surface area contributed by atoms with Crippen molar-refractivity contribution in [1.29, 1.82) is 0 Å². The molecule has 0 unspecified atom stereocenters. The molecule has 3 aromatic carbocycles. The molecule has 0 aromatic heterocycles. The average molecular weight is 570 g/mol. The van der Waals surface area contributed by atoms with Gasteiger partial charge in [0, 0.05) is 18.1 Å². The molecule has 7 nitrogen and oxygen atoms in total. The van der Waals surface area contributed by atoms with Gasteiger partial charge < -0.3 is 10.2 Å². The van der Waals surface area contributed by atoms with Crippen LogP contribution in [0.2, 0.25) is 5.02 Å². The minimum Gasteiger partial charge on any atom is -0.355 e. The summed E-state index contributed by atoms with van der Waals surface area (Å²) in [6, 6.07) is 20.1. The largest absolute Gasteiger partial charge is 0.355 e. The van der Waals surface area contributed by atoms with Gasteiger partial charge in [-0.2, -0.15) is 0 Å². The Hall–Kier alpha value is -3.36. The number of anilines is 1. The van der Waals surface area contributed by atoms with Crippen LogP contribution in [0.1, 0.15) is 37.0 Å². The molecule has 0 radical (unpaired) electrons. The number of likely N-dealkylation sites (N-methyl/N-ethyl adjacent to an activating group) is 1. The molecule has 39 heavy (non-hydrogen) atoms. The lowest BCUT2D eigenvalue weighted by atomic mass is 10.1. The summed E-state index contributed by atoms with van der Waals surface area (Å²) in [7, 11) is -4.13. The van der Waals surface area contributed by atoms with E-state index < -0.39 is 28.5 Å². The highest BCUT2D eigenvalue weighted by Crippen LogP contribution is 2.27. The maximum Gasteiger partial charge on any atom is 0.264 e. The Morgan fingerprint density at radius 2 is 1.59 bits per heavy atom. The van der Waals surface area contributed by atoms with Crippen LogP contribution in [0.4, 0.5) is 5.69 Å². The number of carbonyl (C=O) groups is 2. The Balaban J connectivity index is 2.03. The van der Waals surface area contributed by atoms with Crippen LogP contribution in [-0.4, -0.2) is 50.8 Å². The zero-order valence-corrected chi connectivity index (χ0v) is 24.4. The molecule has 3 aromatic rings. The molecule has 9 heteroatoms. The number of rotatable bonds is 12. The second-order valence-electron chi connectivity index (χ2n) is 9.38. The number of halogens is 1. The van der Waals surface area contributed by atoms with Gasteiger partial charge in [-0.05, 0) is 86.7 Å². The summed E-state index contributed by atoms with van der Waals surface area (Å²) in [4.78, 5) is 28.5. The minimum atomic E-state index is -4.13. The fraction of sp³-hybridized carbons (Fsp3) is 0.333. The van der Waals surface area contributed by atoms with E-state index in [1.54, 1.807) is 12.1 Å². The molecule has 0 aliphatic rings. The normalized spacial score (nSPS) is 12.0. The van der Waals surface area contributed by atoms with Crippen molar-refractivity contribution >= 4 is 39.1 Å². The average Bonchev–Trinajstić information content (AvgIpc) is 2.92. The summed E-state index contributed by atoms with van der Waals surface area (Å²) >= 11 is 6.01. The predicted octanol–water partition coefficient (Wildman–Crippen LogP) is 5.14. The lowest BCUT2D eigenvalue weighted by Gasteiger charge is -2.33. The van der Waals surface area contributed by atoms with E-state index in [0.29, 0.717) is 30.1 Å². The molecular formula is C30H36ClN3O4S. The number of hydrogen-bond donors (Lipinski definition) is 1. The first kappa shape index (κ1) is 30.2. The van der Waals surface area contributed by atoms with E-state index in [-0.39, 0.29) is 17.3 Å². The third-order valence-corrected chi connectivity index (χ3v) is 8.72. The third kappa shape index (κ3) is 7.61. The second kappa shape index (κ2) is 13.6. The van der Waals surface area contributed by atoms with Crippen LogP contribution in [0.15, 0.2) is 77.7 Å². The van der Waals surface area contributed by atoms with E-state index in [4.69, 9.17) is 11.6 Å². The van der Waals surface area contributed by atoms with E-state index in [9.17, 15) is 18.0 Å². The third-order valence-electron chi connectivity index (χ3n) is 6.68. The Bertz CT molecular complexity index is 1380. The Kier molecular flexibility index (Phi) is 10.5. The molecular weight excluding hydrogens is 534 g/mol. The van der Waals surface area contributed by atoms with Gasteiger partial charge in [0.05, 0.1) is 10.6 Å². The van der Waals surface area contributed by atoms with Crippen LogP contribution in [-0.2, 0) is 26.0 Å². The molecule has 0 aliphatic heterocycles. The van der Waals surface area contributed by atoms with E-state index >= 15 is 0 Å². The van der Waals surface area contributed by atoms with E-state index in [2.05, 4.69) is 5.32 Å². The highest BCUT2D eigenvalue weighted by molar-refractivity contribution is 7.92. The van der Waals surface area contributed by atoms with E-state index in [1.807, 2.05) is 64.1 Å². The number of amides is 2. The zero-order valence-electron chi connectivity index (χ0n) is 22.9. The van der Waals surface area contributed by atoms with Gasteiger partial charge in [-0.1, -0.05) is 54.9 Å². The molecule has 3 rings (SSSR count). The highest BCUT2D eigenvalue weighted by atomic mass is 35.5. The van der Waals surface area contributed by atoms with Gasteiger partial charge in [-0.25, -0.2) is 8.42 Å². The summed E-state index contributed by atoms with van der Waals surface area (Å²) in [5.41, 5.74) is 3.28. The van der Waals surface area contributed by atoms with Crippen molar-refractivity contribution in [1.82, 2.24) is 10.2 Å². The van der Waals surface area contributed by atoms with Crippen LogP contribution >= 0.6 is 11.6 Å².